The van der Waals surface area contributed by atoms with Crippen molar-refractivity contribution in [2.75, 3.05) is 16.8 Å². The Morgan fingerprint density at radius 1 is 0.931 bits per heavy atom. The molecule has 5 nitrogen and oxygen atoms in total. The predicted octanol–water partition coefficient (Wildman–Crippen LogP) is 4.90. The highest BCUT2D eigenvalue weighted by atomic mass is 79.9. The van der Waals surface area contributed by atoms with E-state index in [1.165, 1.54) is 0 Å². The van der Waals surface area contributed by atoms with Gasteiger partial charge in [0, 0.05) is 22.4 Å². The first-order valence-corrected chi connectivity index (χ1v) is 10.2. The fourth-order valence-corrected chi connectivity index (χ4v) is 3.92. The molecule has 0 saturated heterocycles. The highest BCUT2D eigenvalue weighted by molar-refractivity contribution is 9.10. The lowest BCUT2D eigenvalue weighted by atomic mass is 10.1. The quantitative estimate of drug-likeness (QED) is 0.594. The number of carbonyl (C=O) groups excluding carboxylic acids is 2. The van der Waals surface area contributed by atoms with Gasteiger partial charge in [0.15, 0.2) is 0 Å². The SMILES string of the molecule is O=C(Nc1cccc(Br)c1)N[C@@H](C(=O)N1CCc2ccccc21)c1ccccc1. The average molecular weight is 450 g/mol. The van der Waals surface area contributed by atoms with Gasteiger partial charge in [0.05, 0.1) is 0 Å². The molecule has 1 atom stereocenters. The molecule has 1 aliphatic rings. The number of para-hydroxylation sites is 1. The lowest BCUT2D eigenvalue weighted by Crippen LogP contribution is -2.43. The largest absolute Gasteiger partial charge is 0.322 e. The van der Waals surface area contributed by atoms with Crippen molar-refractivity contribution in [1.82, 2.24) is 5.32 Å². The van der Waals surface area contributed by atoms with Crippen LogP contribution in [0.4, 0.5) is 16.2 Å². The van der Waals surface area contributed by atoms with Crippen molar-refractivity contribution in [3.63, 3.8) is 0 Å². The van der Waals surface area contributed by atoms with E-state index in [9.17, 15) is 9.59 Å². The Balaban J connectivity index is 1.57. The Kier molecular flexibility index (Phi) is 5.62. The maximum atomic E-state index is 13.4. The highest BCUT2D eigenvalue weighted by Gasteiger charge is 2.32. The minimum absolute atomic E-state index is 0.148. The molecule has 0 aliphatic carbocycles. The number of halogens is 1. The first kappa shape index (κ1) is 19.2. The lowest BCUT2D eigenvalue weighted by Gasteiger charge is -2.25. The smallest absolute Gasteiger partial charge is 0.320 e. The molecule has 3 aromatic carbocycles. The molecule has 1 heterocycles. The van der Waals surface area contributed by atoms with E-state index in [2.05, 4.69) is 26.6 Å². The Labute approximate surface area is 177 Å². The van der Waals surface area contributed by atoms with Crippen LogP contribution in [-0.4, -0.2) is 18.5 Å². The van der Waals surface area contributed by atoms with Crippen molar-refractivity contribution in [1.29, 1.82) is 0 Å². The normalized spacial score (nSPS) is 13.5. The second-order valence-corrected chi connectivity index (χ2v) is 7.74. The number of carbonyl (C=O) groups is 2. The number of nitrogens with one attached hydrogen (secondary N) is 2. The first-order valence-electron chi connectivity index (χ1n) is 9.39. The highest BCUT2D eigenvalue weighted by Crippen LogP contribution is 2.30. The Morgan fingerprint density at radius 3 is 2.48 bits per heavy atom. The number of benzene rings is 3. The molecule has 3 aromatic rings. The molecule has 3 amide bonds. The lowest BCUT2D eigenvalue weighted by molar-refractivity contribution is -0.120. The Morgan fingerprint density at radius 2 is 1.69 bits per heavy atom. The number of fused-ring (bicyclic) bond motifs is 1. The van der Waals surface area contributed by atoms with Gasteiger partial charge in [-0.2, -0.15) is 0 Å². The summed E-state index contributed by atoms with van der Waals surface area (Å²) in [4.78, 5) is 27.8. The maximum Gasteiger partial charge on any atom is 0.320 e. The predicted molar refractivity (Wildman–Crippen MR) is 118 cm³/mol. The number of urea groups is 1. The summed E-state index contributed by atoms with van der Waals surface area (Å²) in [5, 5.41) is 5.65. The molecule has 29 heavy (non-hydrogen) atoms. The van der Waals surface area contributed by atoms with E-state index >= 15 is 0 Å². The van der Waals surface area contributed by atoms with Crippen LogP contribution in [0.2, 0.25) is 0 Å². The van der Waals surface area contributed by atoms with E-state index in [1.54, 1.807) is 17.0 Å². The van der Waals surface area contributed by atoms with Crippen molar-refractivity contribution in [3.8, 4) is 0 Å². The summed E-state index contributed by atoms with van der Waals surface area (Å²) in [5.74, 6) is -0.148. The van der Waals surface area contributed by atoms with Crippen molar-refractivity contribution in [2.45, 2.75) is 12.5 Å². The molecular weight excluding hydrogens is 430 g/mol. The number of hydrogen-bond donors (Lipinski definition) is 2. The molecule has 2 N–H and O–H groups in total. The van der Waals surface area contributed by atoms with E-state index in [-0.39, 0.29) is 5.91 Å². The van der Waals surface area contributed by atoms with E-state index < -0.39 is 12.1 Å². The molecule has 0 fully saturated rings. The number of nitrogens with zero attached hydrogens (tertiary/aromatic N) is 1. The molecule has 6 heteroatoms. The van der Waals surface area contributed by atoms with E-state index in [0.717, 1.165) is 27.7 Å². The van der Waals surface area contributed by atoms with Crippen molar-refractivity contribution >= 4 is 39.2 Å². The minimum atomic E-state index is -0.783. The van der Waals surface area contributed by atoms with Crippen LogP contribution in [0.1, 0.15) is 17.2 Å². The molecular formula is C23H20BrN3O2. The van der Waals surface area contributed by atoms with Gasteiger partial charge in [-0.15, -0.1) is 0 Å². The summed E-state index contributed by atoms with van der Waals surface area (Å²) in [6.07, 6.45) is 0.813. The molecule has 0 bridgehead atoms. The van der Waals surface area contributed by atoms with Gasteiger partial charge in [-0.25, -0.2) is 4.79 Å². The van der Waals surface area contributed by atoms with Gasteiger partial charge in [-0.05, 0) is 41.8 Å². The summed E-state index contributed by atoms with van der Waals surface area (Å²) in [5.41, 5.74) is 3.44. The zero-order valence-electron chi connectivity index (χ0n) is 15.6. The fourth-order valence-electron chi connectivity index (χ4n) is 3.52. The van der Waals surface area contributed by atoms with Crippen LogP contribution in [-0.2, 0) is 11.2 Å². The number of rotatable bonds is 4. The average Bonchev–Trinajstić information content (AvgIpc) is 3.16. The maximum absolute atomic E-state index is 13.4. The monoisotopic (exact) mass is 449 g/mol. The van der Waals surface area contributed by atoms with Crippen LogP contribution >= 0.6 is 15.9 Å². The minimum Gasteiger partial charge on any atom is -0.322 e. The Bertz CT molecular complexity index is 1040. The molecule has 0 radical (unpaired) electrons. The van der Waals surface area contributed by atoms with Gasteiger partial charge in [-0.1, -0.05) is 70.5 Å². The number of anilines is 2. The zero-order valence-corrected chi connectivity index (χ0v) is 17.2. The first-order chi connectivity index (χ1) is 14.1. The van der Waals surface area contributed by atoms with Crippen LogP contribution in [0, 0.1) is 0 Å². The van der Waals surface area contributed by atoms with Gasteiger partial charge >= 0.3 is 6.03 Å². The van der Waals surface area contributed by atoms with Crippen LogP contribution in [0.5, 0.6) is 0 Å². The summed E-state index contributed by atoms with van der Waals surface area (Å²) in [7, 11) is 0. The van der Waals surface area contributed by atoms with Crippen LogP contribution < -0.4 is 15.5 Å². The van der Waals surface area contributed by atoms with Gasteiger partial charge in [0.2, 0.25) is 0 Å². The fraction of sp³-hybridized carbons (Fsp3) is 0.130. The van der Waals surface area contributed by atoms with Crippen LogP contribution in [0.3, 0.4) is 0 Å². The van der Waals surface area contributed by atoms with E-state index in [0.29, 0.717) is 12.2 Å². The molecule has 146 valence electrons. The third-order valence-corrected chi connectivity index (χ3v) is 5.38. The van der Waals surface area contributed by atoms with Gasteiger partial charge in [0.25, 0.3) is 5.91 Å². The van der Waals surface area contributed by atoms with Gasteiger partial charge in [0.1, 0.15) is 6.04 Å². The van der Waals surface area contributed by atoms with E-state index in [1.807, 2.05) is 66.7 Å². The Hall–Kier alpha value is -3.12. The van der Waals surface area contributed by atoms with Crippen LogP contribution in [0.15, 0.2) is 83.3 Å². The zero-order chi connectivity index (χ0) is 20.2. The second kappa shape index (κ2) is 8.49. The summed E-state index contributed by atoms with van der Waals surface area (Å²) >= 11 is 3.39. The molecule has 0 spiro atoms. The van der Waals surface area contributed by atoms with Gasteiger partial charge < -0.3 is 15.5 Å². The van der Waals surface area contributed by atoms with Crippen molar-refractivity contribution in [3.05, 3.63) is 94.5 Å². The van der Waals surface area contributed by atoms with E-state index in [4.69, 9.17) is 0 Å². The topological polar surface area (TPSA) is 61.4 Å². The third kappa shape index (κ3) is 4.32. The van der Waals surface area contributed by atoms with Crippen molar-refractivity contribution in [2.24, 2.45) is 0 Å². The second-order valence-electron chi connectivity index (χ2n) is 6.82. The molecule has 1 aliphatic heterocycles. The summed E-state index contributed by atoms with van der Waals surface area (Å²) < 4.78 is 0.861. The number of hydrogen-bond acceptors (Lipinski definition) is 2. The standard InChI is InChI=1S/C23H20BrN3O2/c24-18-10-6-11-19(15-18)25-23(29)26-21(17-8-2-1-3-9-17)22(28)27-14-13-16-7-4-5-12-20(16)27/h1-12,15,21H,13-14H2,(H2,25,26,29)/t21-/m1/s1. The molecule has 0 saturated carbocycles. The molecule has 4 rings (SSSR count). The van der Waals surface area contributed by atoms with Gasteiger partial charge in [-0.3, -0.25) is 4.79 Å². The number of amides is 3. The third-order valence-electron chi connectivity index (χ3n) is 4.89. The summed E-state index contributed by atoms with van der Waals surface area (Å²) in [6.45, 7) is 0.608. The molecule has 0 unspecified atom stereocenters. The molecule has 0 aromatic heterocycles. The van der Waals surface area contributed by atoms with Crippen molar-refractivity contribution < 1.29 is 9.59 Å². The summed E-state index contributed by atoms with van der Waals surface area (Å²) in [6, 6.07) is 23.3. The van der Waals surface area contributed by atoms with Crippen LogP contribution in [0.25, 0.3) is 0 Å².